The van der Waals surface area contributed by atoms with Crippen molar-refractivity contribution in [3.63, 3.8) is 0 Å². The second kappa shape index (κ2) is 5.18. The number of fused-ring (bicyclic) bond motifs is 2. The zero-order chi connectivity index (χ0) is 15.1. The van der Waals surface area contributed by atoms with Crippen molar-refractivity contribution >= 4 is 21.5 Å². The molecule has 0 saturated carbocycles. The lowest BCUT2D eigenvalue weighted by Crippen LogP contribution is -1.93. The van der Waals surface area contributed by atoms with Gasteiger partial charge in [0.1, 0.15) is 0 Å². The molecular weight excluding hydrogens is 252 g/mol. The van der Waals surface area contributed by atoms with Crippen molar-refractivity contribution in [3.05, 3.63) is 58.1 Å². The SMILES string of the molecule is CCCc1c2cc(C)c(C)cc2cc2cc(C)c(C)cc12. The normalized spacial score (nSPS) is 11.5. The van der Waals surface area contributed by atoms with Gasteiger partial charge in [0.05, 0.1) is 0 Å². The van der Waals surface area contributed by atoms with Crippen LogP contribution in [0.4, 0.5) is 0 Å². The van der Waals surface area contributed by atoms with Gasteiger partial charge in [-0.1, -0.05) is 37.6 Å². The highest BCUT2D eigenvalue weighted by Crippen LogP contribution is 2.32. The Bertz CT molecular complexity index is 772. The van der Waals surface area contributed by atoms with E-state index in [9.17, 15) is 0 Å². The van der Waals surface area contributed by atoms with Gasteiger partial charge in [-0.2, -0.15) is 0 Å². The first kappa shape index (κ1) is 14.1. The van der Waals surface area contributed by atoms with Gasteiger partial charge in [0.2, 0.25) is 0 Å². The molecule has 0 heteroatoms. The van der Waals surface area contributed by atoms with Crippen LogP contribution in [0.25, 0.3) is 21.5 Å². The highest BCUT2D eigenvalue weighted by Gasteiger charge is 2.10. The number of aryl methyl sites for hydroxylation is 5. The molecule has 0 nitrogen and oxygen atoms in total. The number of hydrogen-bond acceptors (Lipinski definition) is 0. The van der Waals surface area contributed by atoms with Crippen LogP contribution in [0.15, 0.2) is 30.3 Å². The molecule has 0 aliphatic rings. The van der Waals surface area contributed by atoms with Gasteiger partial charge in [-0.25, -0.2) is 0 Å². The van der Waals surface area contributed by atoms with E-state index < -0.39 is 0 Å². The number of hydrogen-bond donors (Lipinski definition) is 0. The molecule has 21 heavy (non-hydrogen) atoms. The number of benzene rings is 3. The summed E-state index contributed by atoms with van der Waals surface area (Å²) in [5, 5.41) is 5.65. The molecule has 0 amide bonds. The van der Waals surface area contributed by atoms with E-state index in [2.05, 4.69) is 65.0 Å². The van der Waals surface area contributed by atoms with Gasteiger partial charge in [-0.3, -0.25) is 0 Å². The van der Waals surface area contributed by atoms with Crippen molar-refractivity contribution in [2.75, 3.05) is 0 Å². The van der Waals surface area contributed by atoms with Crippen molar-refractivity contribution in [1.82, 2.24) is 0 Å². The summed E-state index contributed by atoms with van der Waals surface area (Å²) in [6, 6.07) is 11.8. The molecule has 3 rings (SSSR count). The summed E-state index contributed by atoms with van der Waals surface area (Å²) in [5.74, 6) is 0. The van der Waals surface area contributed by atoms with E-state index in [-0.39, 0.29) is 0 Å². The molecule has 0 saturated heterocycles. The van der Waals surface area contributed by atoms with Crippen LogP contribution in [0.3, 0.4) is 0 Å². The fourth-order valence-corrected chi connectivity index (χ4v) is 3.27. The van der Waals surface area contributed by atoms with Crippen molar-refractivity contribution in [2.24, 2.45) is 0 Å². The van der Waals surface area contributed by atoms with E-state index in [1.54, 1.807) is 0 Å². The average molecular weight is 276 g/mol. The average Bonchev–Trinajstić information content (AvgIpc) is 2.43. The summed E-state index contributed by atoms with van der Waals surface area (Å²) >= 11 is 0. The molecule has 0 atom stereocenters. The minimum Gasteiger partial charge on any atom is -0.0651 e. The predicted octanol–water partition coefficient (Wildman–Crippen LogP) is 6.18. The lowest BCUT2D eigenvalue weighted by molar-refractivity contribution is 0.936. The van der Waals surface area contributed by atoms with Gasteiger partial charge in [-0.05, 0) is 89.5 Å². The fraction of sp³-hybridized carbons (Fsp3) is 0.333. The summed E-state index contributed by atoms with van der Waals surface area (Å²) in [4.78, 5) is 0. The molecule has 0 radical (unpaired) electrons. The number of rotatable bonds is 2. The van der Waals surface area contributed by atoms with Gasteiger partial charge >= 0.3 is 0 Å². The molecule has 0 aliphatic carbocycles. The van der Waals surface area contributed by atoms with Crippen LogP contribution < -0.4 is 0 Å². The Balaban J connectivity index is 2.49. The molecule has 0 aromatic heterocycles. The Kier molecular flexibility index (Phi) is 3.49. The van der Waals surface area contributed by atoms with Crippen LogP contribution >= 0.6 is 0 Å². The molecule has 0 unspecified atom stereocenters. The second-order valence-corrected chi connectivity index (χ2v) is 6.42. The van der Waals surface area contributed by atoms with E-state index in [1.165, 1.54) is 55.8 Å². The van der Waals surface area contributed by atoms with Crippen molar-refractivity contribution in [3.8, 4) is 0 Å². The Morgan fingerprint density at radius 1 is 0.619 bits per heavy atom. The summed E-state index contributed by atoms with van der Waals surface area (Å²) < 4.78 is 0. The molecule has 0 heterocycles. The van der Waals surface area contributed by atoms with E-state index in [0.29, 0.717) is 0 Å². The summed E-state index contributed by atoms with van der Waals surface area (Å²) in [7, 11) is 0. The topological polar surface area (TPSA) is 0 Å². The molecule has 0 spiro atoms. The second-order valence-electron chi connectivity index (χ2n) is 6.42. The lowest BCUT2D eigenvalue weighted by atomic mass is 9.90. The van der Waals surface area contributed by atoms with Gasteiger partial charge in [0.25, 0.3) is 0 Å². The van der Waals surface area contributed by atoms with E-state index in [1.807, 2.05) is 0 Å². The van der Waals surface area contributed by atoms with Gasteiger partial charge in [-0.15, -0.1) is 0 Å². The van der Waals surface area contributed by atoms with E-state index >= 15 is 0 Å². The fourth-order valence-electron chi connectivity index (χ4n) is 3.27. The first-order valence-electron chi connectivity index (χ1n) is 7.95. The van der Waals surface area contributed by atoms with Crippen LogP contribution in [0.2, 0.25) is 0 Å². The maximum atomic E-state index is 2.38. The van der Waals surface area contributed by atoms with Gasteiger partial charge in [0, 0.05) is 0 Å². The molecule has 0 aliphatic heterocycles. The largest absolute Gasteiger partial charge is 0.0651 e. The van der Waals surface area contributed by atoms with Crippen LogP contribution in [-0.2, 0) is 6.42 Å². The minimum absolute atomic E-state index is 1.15. The molecule has 0 fully saturated rings. The summed E-state index contributed by atoms with van der Waals surface area (Å²) in [6.07, 6.45) is 2.34. The Labute approximate surface area is 127 Å². The summed E-state index contributed by atoms with van der Waals surface area (Å²) in [5.41, 5.74) is 7.07. The third kappa shape index (κ3) is 2.33. The van der Waals surface area contributed by atoms with Crippen LogP contribution in [-0.4, -0.2) is 0 Å². The standard InChI is InChI=1S/C21H24/c1-6-7-19-20-10-15(4)13(2)8-17(20)12-18-9-14(3)16(5)11-21(18)19/h8-12H,6-7H2,1-5H3. The Morgan fingerprint density at radius 2 is 1.05 bits per heavy atom. The van der Waals surface area contributed by atoms with Crippen molar-refractivity contribution in [2.45, 2.75) is 47.5 Å². The highest BCUT2D eigenvalue weighted by atomic mass is 14.1. The molecule has 3 aromatic rings. The molecule has 0 bridgehead atoms. The van der Waals surface area contributed by atoms with Gasteiger partial charge < -0.3 is 0 Å². The smallest absolute Gasteiger partial charge is 0.0143 e. The molecule has 108 valence electrons. The zero-order valence-electron chi connectivity index (χ0n) is 13.8. The third-order valence-corrected chi connectivity index (χ3v) is 4.79. The minimum atomic E-state index is 1.15. The maximum absolute atomic E-state index is 2.38. The Hall–Kier alpha value is -1.82. The van der Waals surface area contributed by atoms with Crippen LogP contribution in [0.5, 0.6) is 0 Å². The van der Waals surface area contributed by atoms with E-state index in [0.717, 1.165) is 6.42 Å². The quantitative estimate of drug-likeness (QED) is 0.490. The summed E-state index contributed by atoms with van der Waals surface area (Å²) in [6.45, 7) is 11.1. The Morgan fingerprint density at radius 3 is 1.48 bits per heavy atom. The predicted molar refractivity (Wildman–Crippen MR) is 94.4 cm³/mol. The van der Waals surface area contributed by atoms with Gasteiger partial charge in [0.15, 0.2) is 0 Å². The highest BCUT2D eigenvalue weighted by molar-refractivity contribution is 6.03. The van der Waals surface area contributed by atoms with Crippen LogP contribution in [0.1, 0.15) is 41.2 Å². The maximum Gasteiger partial charge on any atom is -0.0143 e. The lowest BCUT2D eigenvalue weighted by Gasteiger charge is -2.14. The van der Waals surface area contributed by atoms with Crippen molar-refractivity contribution < 1.29 is 0 Å². The first-order chi connectivity index (χ1) is 10.0. The molecule has 0 N–H and O–H groups in total. The first-order valence-corrected chi connectivity index (χ1v) is 7.95. The molecular formula is C21H24. The van der Waals surface area contributed by atoms with E-state index in [4.69, 9.17) is 0 Å². The third-order valence-electron chi connectivity index (χ3n) is 4.79. The van der Waals surface area contributed by atoms with Crippen molar-refractivity contribution in [1.29, 1.82) is 0 Å². The monoisotopic (exact) mass is 276 g/mol. The molecule has 3 aromatic carbocycles. The zero-order valence-corrected chi connectivity index (χ0v) is 13.8. The van der Waals surface area contributed by atoms with Crippen LogP contribution in [0, 0.1) is 27.7 Å².